The zero-order valence-corrected chi connectivity index (χ0v) is 20.5. The van der Waals surface area contributed by atoms with E-state index in [-0.39, 0.29) is 48.1 Å². The van der Waals surface area contributed by atoms with E-state index in [2.05, 4.69) is 20.3 Å². The minimum Gasteiger partial charge on any atom is -0.491 e. The van der Waals surface area contributed by atoms with E-state index in [1.807, 2.05) is 0 Å². The average molecular weight is 537 g/mol. The molecule has 38 heavy (non-hydrogen) atoms. The minimum atomic E-state index is -3.01. The number of anilines is 4. The fourth-order valence-electron chi connectivity index (χ4n) is 4.52. The number of aliphatic hydroxyl groups is 1. The summed E-state index contributed by atoms with van der Waals surface area (Å²) in [6.45, 7) is 0.482. The third kappa shape index (κ3) is 5.36. The lowest BCUT2D eigenvalue weighted by Gasteiger charge is -2.44. The number of alkyl halides is 2. The number of hydrogen-bond acceptors (Lipinski definition) is 10. The molecule has 14 heteroatoms. The molecule has 1 aliphatic rings. The number of nitrogens with two attached hydrogens (primary N) is 3. The molecule has 3 aromatic rings. The van der Waals surface area contributed by atoms with Crippen molar-refractivity contribution in [2.75, 3.05) is 41.9 Å². The van der Waals surface area contributed by atoms with E-state index in [0.717, 1.165) is 19.2 Å². The largest absolute Gasteiger partial charge is 0.491 e. The van der Waals surface area contributed by atoms with Gasteiger partial charge in [-0.25, -0.2) is 27.5 Å². The Kier molecular flexibility index (Phi) is 7.73. The predicted octanol–water partition coefficient (Wildman–Crippen LogP) is 2.53. The molecule has 0 aliphatic carbocycles. The van der Waals surface area contributed by atoms with Crippen molar-refractivity contribution in [2.45, 2.75) is 37.5 Å². The zero-order chi connectivity index (χ0) is 27.6. The SMILES string of the molecule is COc1c(F)cc(-c2cc(CNc3ncnc(N)c3N)c(N3CCC[C@](N)([C@H](O)C(F)F)C3)cn2)cc1F. The fourth-order valence-corrected chi connectivity index (χ4v) is 4.52. The number of nitrogens with one attached hydrogen (secondary N) is 1. The summed E-state index contributed by atoms with van der Waals surface area (Å²) < 4.78 is 60.2. The Morgan fingerprint density at radius 2 is 1.87 bits per heavy atom. The number of pyridine rings is 1. The third-order valence-corrected chi connectivity index (χ3v) is 6.55. The first-order chi connectivity index (χ1) is 18.0. The Morgan fingerprint density at radius 1 is 1.16 bits per heavy atom. The standard InChI is InChI=1S/C24H28F4N8O2/c1-38-19-14(25)5-12(6-15(19)26)16-7-13(8-33-23-18(29)22(30)34-11-35-23)17(9-32-16)36-4-2-3-24(31,10-36)20(37)21(27)28/h5-7,9,11,20-21,37H,2-4,8,10,29,31H2,1H3,(H3,30,33,34,35)/t20-,24-/m1/s1. The maximum absolute atomic E-state index is 14.4. The quantitative estimate of drug-likeness (QED) is 0.271. The highest BCUT2D eigenvalue weighted by molar-refractivity contribution is 5.73. The normalized spacial score (nSPS) is 18.5. The lowest BCUT2D eigenvalue weighted by atomic mass is 9.84. The monoisotopic (exact) mass is 536 g/mol. The molecule has 4 rings (SSSR count). The molecule has 2 atom stereocenters. The first-order valence-electron chi connectivity index (χ1n) is 11.7. The van der Waals surface area contributed by atoms with Crippen molar-refractivity contribution in [3.8, 4) is 17.0 Å². The van der Waals surface area contributed by atoms with E-state index in [9.17, 15) is 22.7 Å². The summed E-state index contributed by atoms with van der Waals surface area (Å²) in [4.78, 5) is 14.0. The van der Waals surface area contributed by atoms with Gasteiger partial charge in [0, 0.05) is 25.2 Å². The molecule has 204 valence electrons. The Hall–Kier alpha value is -3.91. The van der Waals surface area contributed by atoms with Crippen LogP contribution in [0, 0.1) is 11.6 Å². The van der Waals surface area contributed by atoms with Gasteiger partial charge in [0.05, 0.1) is 30.2 Å². The Bertz CT molecular complexity index is 1290. The molecule has 8 N–H and O–H groups in total. The van der Waals surface area contributed by atoms with Gasteiger partial charge in [-0.05, 0) is 36.6 Å². The van der Waals surface area contributed by atoms with Gasteiger partial charge in [0.25, 0.3) is 6.43 Å². The van der Waals surface area contributed by atoms with E-state index in [0.29, 0.717) is 24.2 Å². The summed E-state index contributed by atoms with van der Waals surface area (Å²) >= 11 is 0. The van der Waals surface area contributed by atoms with Crippen LogP contribution in [0.5, 0.6) is 5.75 Å². The molecule has 10 nitrogen and oxygen atoms in total. The van der Waals surface area contributed by atoms with Crippen LogP contribution in [-0.4, -0.2) is 58.3 Å². The van der Waals surface area contributed by atoms with Gasteiger partial charge in [0.15, 0.2) is 29.0 Å². The summed E-state index contributed by atoms with van der Waals surface area (Å²) in [6, 6.07) is 3.78. The lowest BCUT2D eigenvalue weighted by molar-refractivity contribution is -0.0529. The van der Waals surface area contributed by atoms with Crippen molar-refractivity contribution in [1.82, 2.24) is 15.0 Å². The molecular formula is C24H28F4N8O2. The number of ether oxygens (including phenoxy) is 1. The first kappa shape index (κ1) is 27.1. The van der Waals surface area contributed by atoms with Crippen molar-refractivity contribution in [1.29, 1.82) is 0 Å². The Labute approximate surface area is 215 Å². The van der Waals surface area contributed by atoms with Crippen LogP contribution < -0.4 is 32.2 Å². The molecular weight excluding hydrogens is 508 g/mol. The highest BCUT2D eigenvalue weighted by atomic mass is 19.3. The van der Waals surface area contributed by atoms with E-state index < -0.39 is 35.5 Å². The highest BCUT2D eigenvalue weighted by Gasteiger charge is 2.43. The smallest absolute Gasteiger partial charge is 0.265 e. The molecule has 0 bridgehead atoms. The number of piperidine rings is 1. The van der Waals surface area contributed by atoms with Crippen molar-refractivity contribution in [3.05, 3.63) is 47.9 Å². The second-order valence-corrected chi connectivity index (χ2v) is 9.08. The molecule has 0 saturated carbocycles. The summed E-state index contributed by atoms with van der Waals surface area (Å²) in [5.74, 6) is -1.99. The van der Waals surface area contributed by atoms with Crippen molar-refractivity contribution in [2.24, 2.45) is 5.73 Å². The van der Waals surface area contributed by atoms with Gasteiger partial charge < -0.3 is 37.3 Å². The van der Waals surface area contributed by atoms with E-state index in [4.69, 9.17) is 21.9 Å². The van der Waals surface area contributed by atoms with E-state index >= 15 is 0 Å². The highest BCUT2D eigenvalue weighted by Crippen LogP contribution is 2.34. The fraction of sp³-hybridized carbons (Fsp3) is 0.375. The number of nitrogens with zero attached hydrogens (tertiary/aromatic N) is 4. The molecule has 2 aromatic heterocycles. The molecule has 0 unspecified atom stereocenters. The van der Waals surface area contributed by atoms with Crippen LogP contribution in [0.3, 0.4) is 0 Å². The summed E-state index contributed by atoms with van der Waals surface area (Å²) in [5.41, 5.74) is 18.0. The molecule has 3 heterocycles. The zero-order valence-electron chi connectivity index (χ0n) is 20.5. The van der Waals surface area contributed by atoms with Crippen molar-refractivity contribution in [3.63, 3.8) is 0 Å². The minimum absolute atomic E-state index is 0.0685. The van der Waals surface area contributed by atoms with Crippen molar-refractivity contribution < 1.29 is 27.4 Å². The van der Waals surface area contributed by atoms with Gasteiger partial charge in [0.1, 0.15) is 18.1 Å². The number of nitrogen functional groups attached to an aromatic ring is 2. The van der Waals surface area contributed by atoms with Crippen LogP contribution in [0.1, 0.15) is 18.4 Å². The summed E-state index contributed by atoms with van der Waals surface area (Å²) in [5, 5.41) is 13.1. The molecule has 1 saturated heterocycles. The molecule has 0 amide bonds. The molecule has 1 aromatic carbocycles. The van der Waals surface area contributed by atoms with E-state index in [1.165, 1.54) is 12.5 Å². The number of methoxy groups -OCH3 is 1. The van der Waals surface area contributed by atoms with Crippen LogP contribution in [0.4, 0.5) is 40.6 Å². The maximum atomic E-state index is 14.4. The van der Waals surface area contributed by atoms with Crippen LogP contribution in [0.15, 0.2) is 30.7 Å². The number of halogens is 4. The van der Waals surface area contributed by atoms with Gasteiger partial charge in [-0.15, -0.1) is 0 Å². The molecule has 1 fully saturated rings. The van der Waals surface area contributed by atoms with Crippen LogP contribution in [0.2, 0.25) is 0 Å². The molecule has 1 aliphatic heterocycles. The third-order valence-electron chi connectivity index (χ3n) is 6.55. The summed E-state index contributed by atoms with van der Waals surface area (Å²) in [7, 11) is 1.16. The number of benzene rings is 1. The first-order valence-corrected chi connectivity index (χ1v) is 11.7. The van der Waals surface area contributed by atoms with Gasteiger partial charge in [0.2, 0.25) is 0 Å². The van der Waals surface area contributed by atoms with Crippen LogP contribution >= 0.6 is 0 Å². The van der Waals surface area contributed by atoms with Crippen LogP contribution in [0.25, 0.3) is 11.3 Å². The van der Waals surface area contributed by atoms with Gasteiger partial charge in [-0.3, -0.25) is 4.98 Å². The Balaban J connectivity index is 1.73. The maximum Gasteiger partial charge on any atom is 0.265 e. The van der Waals surface area contributed by atoms with Crippen LogP contribution in [-0.2, 0) is 6.54 Å². The van der Waals surface area contributed by atoms with Gasteiger partial charge in [-0.1, -0.05) is 0 Å². The molecule has 0 radical (unpaired) electrons. The predicted molar refractivity (Wildman–Crippen MR) is 135 cm³/mol. The number of aromatic nitrogens is 3. The Morgan fingerprint density at radius 3 is 2.53 bits per heavy atom. The van der Waals surface area contributed by atoms with E-state index in [1.54, 1.807) is 11.0 Å². The van der Waals surface area contributed by atoms with Gasteiger partial charge >= 0.3 is 0 Å². The lowest BCUT2D eigenvalue weighted by Crippen LogP contribution is -2.63. The number of rotatable bonds is 8. The average Bonchev–Trinajstić information content (AvgIpc) is 2.88. The summed E-state index contributed by atoms with van der Waals surface area (Å²) in [6.07, 6.45) is -1.69. The second-order valence-electron chi connectivity index (χ2n) is 9.08. The van der Waals surface area contributed by atoms with Gasteiger partial charge in [-0.2, -0.15) is 0 Å². The number of hydrogen-bond donors (Lipinski definition) is 5. The topological polar surface area (TPSA) is 161 Å². The number of aliphatic hydroxyl groups excluding tert-OH is 1. The van der Waals surface area contributed by atoms with Crippen molar-refractivity contribution >= 4 is 23.0 Å². The molecule has 0 spiro atoms. The second kappa shape index (κ2) is 10.8.